The van der Waals surface area contributed by atoms with E-state index < -0.39 is 5.60 Å². The topological polar surface area (TPSA) is 62.2 Å². The molecule has 1 fully saturated rings. The molecule has 4 nitrogen and oxygen atoms in total. The molecule has 1 aromatic heterocycles. The van der Waals surface area contributed by atoms with Crippen LogP contribution in [0.5, 0.6) is 0 Å². The lowest BCUT2D eigenvalue weighted by molar-refractivity contribution is 0.0448. The Kier molecular flexibility index (Phi) is 3.64. The molecule has 2 N–H and O–H groups in total. The highest BCUT2D eigenvalue weighted by atomic mass is 35.5. The minimum Gasteiger partial charge on any atom is -0.388 e. The van der Waals surface area contributed by atoms with Crippen molar-refractivity contribution < 1.29 is 9.90 Å². The average Bonchev–Trinajstić information content (AvgIpc) is 2.75. The highest BCUT2D eigenvalue weighted by Crippen LogP contribution is 2.28. The van der Waals surface area contributed by atoms with Gasteiger partial charge in [0.15, 0.2) is 0 Å². The largest absolute Gasteiger partial charge is 0.388 e. The van der Waals surface area contributed by atoms with Crippen molar-refractivity contribution >= 4 is 17.5 Å². The molecule has 1 heterocycles. The zero-order chi connectivity index (χ0) is 12.3. The van der Waals surface area contributed by atoms with Gasteiger partial charge in [0, 0.05) is 12.7 Å². The molecule has 92 valence electrons. The average molecular weight is 255 g/mol. The molecule has 5 heteroatoms. The summed E-state index contributed by atoms with van der Waals surface area (Å²) in [6.07, 6.45) is 4.97. The highest BCUT2D eigenvalue weighted by Gasteiger charge is 2.31. The van der Waals surface area contributed by atoms with Crippen LogP contribution in [0, 0.1) is 0 Å². The number of aliphatic hydroxyl groups is 1. The molecule has 0 atom stereocenters. The number of halogens is 1. The second-order valence-corrected chi connectivity index (χ2v) is 4.91. The monoisotopic (exact) mass is 254 g/mol. The van der Waals surface area contributed by atoms with Gasteiger partial charge in [0.1, 0.15) is 5.69 Å². The maximum absolute atomic E-state index is 11.7. The summed E-state index contributed by atoms with van der Waals surface area (Å²) in [5.41, 5.74) is -0.418. The number of nitrogens with zero attached hydrogens (tertiary/aromatic N) is 1. The first kappa shape index (κ1) is 12.3. The van der Waals surface area contributed by atoms with Crippen LogP contribution >= 0.6 is 11.6 Å². The number of amides is 1. The number of pyridine rings is 1. The number of aromatic nitrogens is 1. The Morgan fingerprint density at radius 3 is 2.76 bits per heavy atom. The molecule has 0 saturated heterocycles. The lowest BCUT2D eigenvalue weighted by Crippen LogP contribution is -2.40. The summed E-state index contributed by atoms with van der Waals surface area (Å²) in [5, 5.41) is 13.3. The number of rotatable bonds is 3. The van der Waals surface area contributed by atoms with Crippen molar-refractivity contribution in [3.63, 3.8) is 0 Å². The van der Waals surface area contributed by atoms with E-state index in [1.54, 1.807) is 12.1 Å². The lowest BCUT2D eigenvalue weighted by atomic mass is 10.0. The molecule has 0 radical (unpaired) electrons. The molecule has 0 bridgehead atoms. The van der Waals surface area contributed by atoms with Gasteiger partial charge in [0.05, 0.1) is 10.6 Å². The van der Waals surface area contributed by atoms with Gasteiger partial charge in [-0.2, -0.15) is 0 Å². The minimum atomic E-state index is -0.734. The molecular weight excluding hydrogens is 240 g/mol. The quantitative estimate of drug-likeness (QED) is 0.864. The molecule has 1 amide bonds. The molecule has 2 rings (SSSR count). The smallest absolute Gasteiger partial charge is 0.269 e. The Labute approximate surface area is 105 Å². The van der Waals surface area contributed by atoms with E-state index in [0.717, 1.165) is 25.7 Å². The molecular formula is C12H15ClN2O2. The van der Waals surface area contributed by atoms with E-state index in [1.165, 1.54) is 6.20 Å². The van der Waals surface area contributed by atoms with Crippen molar-refractivity contribution in [3.05, 3.63) is 29.0 Å². The zero-order valence-electron chi connectivity index (χ0n) is 9.45. The molecule has 1 aliphatic carbocycles. The van der Waals surface area contributed by atoms with Gasteiger partial charge in [0.25, 0.3) is 5.91 Å². The fourth-order valence-electron chi connectivity index (χ4n) is 2.06. The van der Waals surface area contributed by atoms with Crippen molar-refractivity contribution in [3.8, 4) is 0 Å². The first-order valence-corrected chi connectivity index (χ1v) is 6.09. The SMILES string of the molecule is O=C(NCC1(O)CCCC1)c1ccc(Cl)cn1. The lowest BCUT2D eigenvalue weighted by Gasteiger charge is -2.22. The van der Waals surface area contributed by atoms with E-state index >= 15 is 0 Å². The van der Waals surface area contributed by atoms with Crippen LogP contribution in [0.15, 0.2) is 18.3 Å². The van der Waals surface area contributed by atoms with E-state index in [4.69, 9.17) is 11.6 Å². The molecule has 1 aromatic rings. The number of hydrogen-bond donors (Lipinski definition) is 2. The number of hydrogen-bond acceptors (Lipinski definition) is 3. The Bertz CT molecular complexity index is 399. The molecule has 1 saturated carbocycles. The number of carbonyl (C=O) groups excluding carboxylic acids is 1. The molecule has 0 unspecified atom stereocenters. The Hall–Kier alpha value is -1.13. The van der Waals surface area contributed by atoms with Crippen LogP contribution in [0.4, 0.5) is 0 Å². The molecule has 0 aromatic carbocycles. The van der Waals surface area contributed by atoms with Gasteiger partial charge < -0.3 is 10.4 Å². The van der Waals surface area contributed by atoms with Crippen LogP contribution in [0.3, 0.4) is 0 Å². The van der Waals surface area contributed by atoms with E-state index in [0.29, 0.717) is 10.7 Å². The first-order valence-electron chi connectivity index (χ1n) is 5.71. The summed E-state index contributed by atoms with van der Waals surface area (Å²) < 4.78 is 0. The third kappa shape index (κ3) is 3.17. The standard InChI is InChI=1S/C12H15ClN2O2/c13-9-3-4-10(14-7-9)11(16)15-8-12(17)5-1-2-6-12/h3-4,7,17H,1-2,5-6,8H2,(H,15,16). The van der Waals surface area contributed by atoms with E-state index in [-0.39, 0.29) is 12.5 Å². The summed E-state index contributed by atoms with van der Waals surface area (Å²) in [6.45, 7) is 0.288. The molecule has 0 aliphatic heterocycles. The molecule has 17 heavy (non-hydrogen) atoms. The van der Waals surface area contributed by atoms with Gasteiger partial charge in [0.2, 0.25) is 0 Å². The third-order valence-corrected chi connectivity index (χ3v) is 3.30. The second-order valence-electron chi connectivity index (χ2n) is 4.48. The van der Waals surface area contributed by atoms with E-state index in [2.05, 4.69) is 10.3 Å². The van der Waals surface area contributed by atoms with Gasteiger partial charge in [-0.3, -0.25) is 4.79 Å². The minimum absolute atomic E-state index is 0.276. The van der Waals surface area contributed by atoms with Crippen molar-refractivity contribution in [2.24, 2.45) is 0 Å². The third-order valence-electron chi connectivity index (χ3n) is 3.07. The van der Waals surface area contributed by atoms with Crippen LogP contribution in [0.1, 0.15) is 36.2 Å². The van der Waals surface area contributed by atoms with Crippen LogP contribution in [0.2, 0.25) is 5.02 Å². The fraction of sp³-hybridized carbons (Fsp3) is 0.500. The summed E-state index contributed by atoms with van der Waals surface area (Å²) in [6, 6.07) is 3.18. The summed E-state index contributed by atoms with van der Waals surface area (Å²) in [4.78, 5) is 15.6. The number of carbonyl (C=O) groups is 1. The normalized spacial score (nSPS) is 18.0. The summed E-state index contributed by atoms with van der Waals surface area (Å²) >= 11 is 5.68. The van der Waals surface area contributed by atoms with Gasteiger partial charge in [-0.05, 0) is 25.0 Å². The van der Waals surface area contributed by atoms with E-state index in [9.17, 15) is 9.90 Å². The fourth-order valence-corrected chi connectivity index (χ4v) is 2.17. The Morgan fingerprint density at radius 1 is 1.47 bits per heavy atom. The van der Waals surface area contributed by atoms with Gasteiger partial charge in [-0.1, -0.05) is 24.4 Å². The van der Waals surface area contributed by atoms with Crippen LogP contribution in [0.25, 0.3) is 0 Å². The van der Waals surface area contributed by atoms with Crippen molar-refractivity contribution in [1.29, 1.82) is 0 Å². The zero-order valence-corrected chi connectivity index (χ0v) is 10.2. The van der Waals surface area contributed by atoms with Crippen molar-refractivity contribution in [1.82, 2.24) is 10.3 Å². The van der Waals surface area contributed by atoms with Gasteiger partial charge in [-0.25, -0.2) is 4.98 Å². The molecule has 0 spiro atoms. The maximum atomic E-state index is 11.7. The molecule has 1 aliphatic rings. The van der Waals surface area contributed by atoms with Gasteiger partial charge >= 0.3 is 0 Å². The van der Waals surface area contributed by atoms with Crippen LogP contribution < -0.4 is 5.32 Å². The van der Waals surface area contributed by atoms with Crippen LogP contribution in [-0.2, 0) is 0 Å². The van der Waals surface area contributed by atoms with E-state index in [1.807, 2.05) is 0 Å². The maximum Gasteiger partial charge on any atom is 0.269 e. The van der Waals surface area contributed by atoms with Crippen LogP contribution in [-0.4, -0.2) is 28.1 Å². The first-order chi connectivity index (χ1) is 8.09. The Morgan fingerprint density at radius 2 is 2.18 bits per heavy atom. The summed E-state index contributed by atoms with van der Waals surface area (Å²) in [5.74, 6) is -0.276. The van der Waals surface area contributed by atoms with Crippen molar-refractivity contribution in [2.45, 2.75) is 31.3 Å². The summed E-state index contributed by atoms with van der Waals surface area (Å²) in [7, 11) is 0. The highest BCUT2D eigenvalue weighted by molar-refractivity contribution is 6.30. The second kappa shape index (κ2) is 5.02. The number of nitrogens with one attached hydrogen (secondary N) is 1. The van der Waals surface area contributed by atoms with Crippen molar-refractivity contribution in [2.75, 3.05) is 6.54 Å². The Balaban J connectivity index is 1.91. The predicted molar refractivity (Wildman–Crippen MR) is 65.0 cm³/mol. The van der Waals surface area contributed by atoms with Gasteiger partial charge in [-0.15, -0.1) is 0 Å². The predicted octanol–water partition coefficient (Wildman–Crippen LogP) is 1.77.